The lowest BCUT2D eigenvalue weighted by atomic mass is 10.1. The third-order valence-electron chi connectivity index (χ3n) is 1.88. The van der Waals surface area contributed by atoms with Crippen molar-refractivity contribution >= 4 is 20.2 Å². The second-order valence-electron chi connectivity index (χ2n) is 3.74. The first-order valence-electron chi connectivity index (χ1n) is 4.76. The molecule has 0 aromatic carbocycles. The number of aliphatic hydroxyl groups is 2. The van der Waals surface area contributed by atoms with Gasteiger partial charge in [-0.25, -0.2) is 0 Å². The number of aliphatic hydroxyl groups excluding tert-OH is 2. The van der Waals surface area contributed by atoms with E-state index in [0.29, 0.717) is 0 Å². The minimum atomic E-state index is -4.25. The molecule has 0 amide bonds. The summed E-state index contributed by atoms with van der Waals surface area (Å²) in [6, 6.07) is 0. The SMILES string of the molecule is O=S(=O)(O)CC(O)CCCC(O)CS(=O)(=O)O. The van der Waals surface area contributed by atoms with E-state index in [2.05, 4.69) is 0 Å². The maximum Gasteiger partial charge on any atom is 0.267 e. The molecule has 0 radical (unpaired) electrons. The molecule has 0 saturated heterocycles. The van der Waals surface area contributed by atoms with Crippen molar-refractivity contribution in [3.8, 4) is 0 Å². The van der Waals surface area contributed by atoms with Gasteiger partial charge in [-0.2, -0.15) is 16.8 Å². The summed E-state index contributed by atoms with van der Waals surface area (Å²) in [7, 11) is -8.50. The summed E-state index contributed by atoms with van der Waals surface area (Å²) in [5, 5.41) is 18.3. The average molecular weight is 292 g/mol. The van der Waals surface area contributed by atoms with Crippen LogP contribution >= 0.6 is 0 Å². The lowest BCUT2D eigenvalue weighted by Gasteiger charge is -2.11. The second-order valence-corrected chi connectivity index (χ2v) is 6.73. The second kappa shape index (κ2) is 6.61. The van der Waals surface area contributed by atoms with Crippen LogP contribution in [0.5, 0.6) is 0 Å². The van der Waals surface area contributed by atoms with Crippen molar-refractivity contribution in [1.82, 2.24) is 0 Å². The van der Waals surface area contributed by atoms with Crippen LogP contribution in [0.4, 0.5) is 0 Å². The van der Waals surface area contributed by atoms with Gasteiger partial charge in [0.15, 0.2) is 0 Å². The molecule has 0 rings (SSSR count). The first-order valence-corrected chi connectivity index (χ1v) is 7.98. The highest BCUT2D eigenvalue weighted by molar-refractivity contribution is 7.86. The molecule has 0 heterocycles. The molecule has 2 atom stereocenters. The van der Waals surface area contributed by atoms with Crippen LogP contribution in [0.3, 0.4) is 0 Å². The molecule has 0 bridgehead atoms. The zero-order valence-corrected chi connectivity index (χ0v) is 10.6. The van der Waals surface area contributed by atoms with Crippen molar-refractivity contribution in [2.24, 2.45) is 0 Å². The molecule has 104 valence electrons. The van der Waals surface area contributed by atoms with E-state index in [4.69, 9.17) is 19.3 Å². The maximum atomic E-state index is 10.4. The van der Waals surface area contributed by atoms with Crippen LogP contribution in [0.25, 0.3) is 0 Å². The van der Waals surface area contributed by atoms with E-state index in [-0.39, 0.29) is 19.3 Å². The van der Waals surface area contributed by atoms with Crippen LogP contribution in [-0.2, 0) is 20.2 Å². The molecule has 2 unspecified atom stereocenters. The summed E-state index contributed by atoms with van der Waals surface area (Å²) < 4.78 is 58.2. The smallest absolute Gasteiger partial charge is 0.267 e. The highest BCUT2D eigenvalue weighted by Crippen LogP contribution is 2.07. The zero-order chi connectivity index (χ0) is 13.7. The third kappa shape index (κ3) is 12.0. The van der Waals surface area contributed by atoms with Crippen molar-refractivity contribution in [3.05, 3.63) is 0 Å². The van der Waals surface area contributed by atoms with Crippen LogP contribution in [0, 0.1) is 0 Å². The molecule has 0 aliphatic rings. The van der Waals surface area contributed by atoms with Gasteiger partial charge >= 0.3 is 0 Å². The molecular weight excluding hydrogens is 276 g/mol. The first-order chi connectivity index (χ1) is 7.49. The number of rotatable bonds is 8. The van der Waals surface area contributed by atoms with E-state index in [1.54, 1.807) is 0 Å². The number of hydrogen-bond acceptors (Lipinski definition) is 6. The molecule has 0 aromatic heterocycles. The molecule has 4 N–H and O–H groups in total. The summed E-state index contributed by atoms with van der Waals surface area (Å²) in [6.45, 7) is 0. The molecule has 17 heavy (non-hydrogen) atoms. The lowest BCUT2D eigenvalue weighted by Crippen LogP contribution is -2.23. The Morgan fingerprint density at radius 2 is 1.06 bits per heavy atom. The minimum absolute atomic E-state index is 0.0116. The molecule has 0 spiro atoms. The van der Waals surface area contributed by atoms with E-state index >= 15 is 0 Å². The summed E-state index contributed by atoms with van der Waals surface area (Å²) in [6.07, 6.45) is -2.41. The Labute approximate surface area is 99.8 Å². The van der Waals surface area contributed by atoms with Gasteiger partial charge in [0.2, 0.25) is 0 Å². The van der Waals surface area contributed by atoms with Crippen LogP contribution in [0.15, 0.2) is 0 Å². The predicted octanol–water partition coefficient (Wildman–Crippen LogP) is -1.35. The van der Waals surface area contributed by atoms with Crippen molar-refractivity contribution in [3.63, 3.8) is 0 Å². The van der Waals surface area contributed by atoms with Crippen LogP contribution in [0.2, 0.25) is 0 Å². The lowest BCUT2D eigenvalue weighted by molar-refractivity contribution is 0.154. The molecule has 0 fully saturated rings. The Hall–Kier alpha value is -0.260. The molecule has 10 heteroatoms. The molecule has 0 aliphatic carbocycles. The van der Waals surface area contributed by atoms with Crippen LogP contribution in [0.1, 0.15) is 19.3 Å². The Balaban J connectivity index is 3.85. The van der Waals surface area contributed by atoms with Crippen LogP contribution in [-0.4, -0.2) is 59.9 Å². The summed E-state index contributed by atoms with van der Waals surface area (Å²) in [5.74, 6) is -1.61. The van der Waals surface area contributed by atoms with Gasteiger partial charge < -0.3 is 10.2 Å². The van der Waals surface area contributed by atoms with Crippen LogP contribution < -0.4 is 0 Å². The van der Waals surface area contributed by atoms with E-state index in [0.717, 1.165) is 0 Å². The van der Waals surface area contributed by atoms with Gasteiger partial charge in [0.05, 0.1) is 12.2 Å². The van der Waals surface area contributed by atoms with E-state index in [1.165, 1.54) is 0 Å². The molecular formula is C7H16O8S2. The fourth-order valence-electron chi connectivity index (χ4n) is 1.24. The molecule has 0 aromatic rings. The standard InChI is InChI=1S/C7H16O8S2/c8-6(4-16(10,11)12)2-1-3-7(9)5-17(13,14)15/h6-9H,1-5H2,(H,10,11,12)(H,13,14,15). The highest BCUT2D eigenvalue weighted by Gasteiger charge is 2.17. The highest BCUT2D eigenvalue weighted by atomic mass is 32.2. The Kier molecular flexibility index (Phi) is 6.51. The zero-order valence-electron chi connectivity index (χ0n) is 8.93. The minimum Gasteiger partial charge on any atom is -0.392 e. The van der Waals surface area contributed by atoms with Gasteiger partial charge in [-0.15, -0.1) is 0 Å². The van der Waals surface area contributed by atoms with Gasteiger partial charge in [0, 0.05) is 0 Å². The maximum absolute atomic E-state index is 10.4. The van der Waals surface area contributed by atoms with Gasteiger partial charge in [0.25, 0.3) is 20.2 Å². The normalized spacial score (nSPS) is 16.7. The fraction of sp³-hybridized carbons (Fsp3) is 1.00. The number of hydrogen-bond donors (Lipinski definition) is 4. The summed E-state index contributed by atoms with van der Waals surface area (Å²) in [5.41, 5.74) is 0. The summed E-state index contributed by atoms with van der Waals surface area (Å²) >= 11 is 0. The average Bonchev–Trinajstić information content (AvgIpc) is 1.95. The van der Waals surface area contributed by atoms with Crippen molar-refractivity contribution in [2.45, 2.75) is 31.5 Å². The van der Waals surface area contributed by atoms with Crippen molar-refractivity contribution in [2.75, 3.05) is 11.5 Å². The topological polar surface area (TPSA) is 149 Å². The quantitative estimate of drug-likeness (QED) is 0.401. The Morgan fingerprint density at radius 1 is 0.765 bits per heavy atom. The van der Waals surface area contributed by atoms with Gasteiger partial charge in [-0.3, -0.25) is 9.11 Å². The van der Waals surface area contributed by atoms with Crippen molar-refractivity contribution in [1.29, 1.82) is 0 Å². The first kappa shape index (κ1) is 16.7. The van der Waals surface area contributed by atoms with E-state index < -0.39 is 43.9 Å². The largest absolute Gasteiger partial charge is 0.392 e. The van der Waals surface area contributed by atoms with Gasteiger partial charge in [-0.1, -0.05) is 0 Å². The predicted molar refractivity (Wildman–Crippen MR) is 58.7 cm³/mol. The van der Waals surface area contributed by atoms with Gasteiger partial charge in [0.1, 0.15) is 11.5 Å². The molecule has 0 saturated carbocycles. The van der Waals surface area contributed by atoms with E-state index in [1.807, 2.05) is 0 Å². The van der Waals surface area contributed by atoms with Crippen molar-refractivity contribution < 1.29 is 36.2 Å². The summed E-state index contributed by atoms with van der Waals surface area (Å²) in [4.78, 5) is 0. The Bertz CT molecular complexity index is 371. The monoisotopic (exact) mass is 292 g/mol. The molecule has 0 aliphatic heterocycles. The molecule has 8 nitrogen and oxygen atoms in total. The fourth-order valence-corrected chi connectivity index (χ4v) is 2.55. The van der Waals surface area contributed by atoms with E-state index in [9.17, 15) is 16.8 Å². The van der Waals surface area contributed by atoms with Gasteiger partial charge in [-0.05, 0) is 19.3 Å². The third-order valence-corrected chi connectivity index (χ3v) is 3.49. The Morgan fingerprint density at radius 3 is 1.29 bits per heavy atom.